The van der Waals surface area contributed by atoms with Crippen LogP contribution in [0.4, 0.5) is 11.4 Å². The van der Waals surface area contributed by atoms with E-state index >= 15 is 0 Å². The second kappa shape index (κ2) is 11.8. The number of quaternary nitrogens is 1. The van der Waals surface area contributed by atoms with Gasteiger partial charge in [0, 0.05) is 60.4 Å². The molecular weight excluding hydrogens is 496 g/mol. The van der Waals surface area contributed by atoms with Gasteiger partial charge in [0.05, 0.1) is 18.7 Å². The van der Waals surface area contributed by atoms with E-state index in [9.17, 15) is 9.90 Å². The summed E-state index contributed by atoms with van der Waals surface area (Å²) in [6.07, 6.45) is 6.46. The van der Waals surface area contributed by atoms with E-state index in [1.54, 1.807) is 13.1 Å². The van der Waals surface area contributed by atoms with Crippen molar-refractivity contribution in [3.05, 3.63) is 82.6 Å². The highest BCUT2D eigenvalue weighted by Gasteiger charge is 2.31. The summed E-state index contributed by atoms with van der Waals surface area (Å²) in [6.45, 7) is 12.4. The van der Waals surface area contributed by atoms with Crippen molar-refractivity contribution in [2.24, 2.45) is 0 Å². The minimum absolute atomic E-state index is 0.186. The molecule has 0 saturated heterocycles. The molecule has 1 atom stereocenters. The first-order valence-corrected chi connectivity index (χ1v) is 13.7. The maximum absolute atomic E-state index is 12.5. The van der Waals surface area contributed by atoms with Gasteiger partial charge in [-0.2, -0.15) is 0 Å². The van der Waals surface area contributed by atoms with Gasteiger partial charge in [0.1, 0.15) is 17.6 Å². The molecule has 1 unspecified atom stereocenters. The van der Waals surface area contributed by atoms with Crippen LogP contribution in [0.25, 0.3) is 5.57 Å². The van der Waals surface area contributed by atoms with Crippen LogP contribution in [0.2, 0.25) is 0 Å². The zero-order chi connectivity index (χ0) is 27.4. The fraction of sp³-hybridized carbons (Fsp3) is 0.333. The number of likely N-dealkylation sites (N-methyl/N-ethyl adjacent to an activating group) is 1. The molecule has 0 spiro atoms. The lowest BCUT2D eigenvalue weighted by molar-refractivity contribution is -0.908. The molecule has 0 aromatic heterocycles. The number of carboxylic acid groups (broad SMARTS) is 1. The van der Waals surface area contributed by atoms with Crippen molar-refractivity contribution >= 4 is 40.2 Å². The standard InChI is InChI=1S/C30H36N4O3S/c1-6-33(7-2)20-11-14-23-26(17-20)37-27-18-21(34(8-3)9-4)12-15-24(27)28(23)22-13-10-19(32-30(38)31-5)16-25(22)29(35)36/h10-18,20H,6-9H2,1-5H3,(H,35,36)(H2,31,32,38)/p+1. The quantitative estimate of drug-likeness (QED) is 0.362. The van der Waals surface area contributed by atoms with Crippen LogP contribution in [0.3, 0.4) is 0 Å². The highest BCUT2D eigenvalue weighted by Crippen LogP contribution is 2.45. The molecule has 0 amide bonds. The fourth-order valence-electron chi connectivity index (χ4n) is 5.21. The second-order valence-electron chi connectivity index (χ2n) is 9.29. The molecule has 38 heavy (non-hydrogen) atoms. The number of aromatic carboxylic acids is 1. The first kappa shape index (κ1) is 27.4. The molecule has 2 aromatic carbocycles. The minimum Gasteiger partial charge on any atom is -0.478 e. The summed E-state index contributed by atoms with van der Waals surface area (Å²) >= 11 is 5.22. The summed E-state index contributed by atoms with van der Waals surface area (Å²) in [7, 11) is 1.72. The topological polar surface area (TPSA) is 78.3 Å². The van der Waals surface area contributed by atoms with Crippen LogP contribution in [0.5, 0.6) is 5.75 Å². The molecular formula is C30H37N4O3S+. The van der Waals surface area contributed by atoms with Crippen LogP contribution in [0.15, 0.2) is 66.0 Å². The van der Waals surface area contributed by atoms with E-state index in [2.05, 4.69) is 73.6 Å². The van der Waals surface area contributed by atoms with E-state index in [0.29, 0.717) is 16.4 Å². The number of carbonyl (C=O) groups is 1. The molecule has 1 heterocycles. The summed E-state index contributed by atoms with van der Waals surface area (Å²) in [5.41, 5.74) is 5.14. The number of benzene rings is 2. The molecule has 8 heteroatoms. The van der Waals surface area contributed by atoms with E-state index in [0.717, 1.165) is 60.1 Å². The van der Waals surface area contributed by atoms with Gasteiger partial charge in [-0.05, 0) is 81.9 Å². The van der Waals surface area contributed by atoms with Gasteiger partial charge >= 0.3 is 5.97 Å². The molecule has 0 fully saturated rings. The van der Waals surface area contributed by atoms with E-state index < -0.39 is 5.97 Å². The van der Waals surface area contributed by atoms with E-state index in [1.165, 1.54) is 4.90 Å². The molecule has 0 radical (unpaired) electrons. The Kier molecular flexibility index (Phi) is 8.54. The number of nitrogens with one attached hydrogen (secondary N) is 3. The Labute approximate surface area is 230 Å². The van der Waals surface area contributed by atoms with E-state index in [-0.39, 0.29) is 11.6 Å². The largest absolute Gasteiger partial charge is 0.478 e. The summed E-state index contributed by atoms with van der Waals surface area (Å²) in [5.74, 6) is 0.500. The van der Waals surface area contributed by atoms with Crippen molar-refractivity contribution in [1.82, 2.24) is 5.32 Å². The fourth-order valence-corrected chi connectivity index (χ4v) is 5.33. The second-order valence-corrected chi connectivity index (χ2v) is 9.70. The Morgan fingerprint density at radius 1 is 1.08 bits per heavy atom. The number of fused-ring (bicyclic) bond motifs is 2. The van der Waals surface area contributed by atoms with Crippen molar-refractivity contribution in [2.75, 3.05) is 43.4 Å². The van der Waals surface area contributed by atoms with Crippen LogP contribution in [0.1, 0.15) is 49.2 Å². The highest BCUT2D eigenvalue weighted by atomic mass is 32.1. The van der Waals surface area contributed by atoms with E-state index in [1.807, 2.05) is 18.2 Å². The van der Waals surface area contributed by atoms with Crippen molar-refractivity contribution in [3.63, 3.8) is 0 Å². The zero-order valence-corrected chi connectivity index (χ0v) is 23.5. The Bertz CT molecular complexity index is 1320. The summed E-state index contributed by atoms with van der Waals surface area (Å²) in [4.78, 5) is 16.2. The predicted octanol–water partition coefficient (Wildman–Crippen LogP) is 4.09. The van der Waals surface area contributed by atoms with Crippen LogP contribution in [0, 0.1) is 0 Å². The number of ether oxygens (including phenoxy) is 1. The first-order chi connectivity index (χ1) is 18.3. The van der Waals surface area contributed by atoms with E-state index in [4.69, 9.17) is 17.0 Å². The monoisotopic (exact) mass is 533 g/mol. The van der Waals surface area contributed by atoms with Crippen molar-refractivity contribution in [1.29, 1.82) is 0 Å². The lowest BCUT2D eigenvalue weighted by atomic mass is 9.84. The van der Waals surface area contributed by atoms with Crippen molar-refractivity contribution < 1.29 is 19.5 Å². The number of allylic oxidation sites excluding steroid dienone is 1. The van der Waals surface area contributed by atoms with Gasteiger partial charge in [0.25, 0.3) is 0 Å². The summed E-state index contributed by atoms with van der Waals surface area (Å²) in [6, 6.07) is 11.7. The number of carboxylic acids is 1. The van der Waals surface area contributed by atoms with Gasteiger partial charge < -0.3 is 30.3 Å². The maximum Gasteiger partial charge on any atom is 0.336 e. The molecule has 2 aliphatic rings. The maximum atomic E-state index is 12.5. The normalized spacial score (nSPS) is 15.8. The molecule has 2 aromatic rings. The lowest BCUT2D eigenvalue weighted by Gasteiger charge is -2.31. The number of nitrogens with zero attached hydrogens (tertiary/aromatic N) is 1. The average molecular weight is 534 g/mol. The van der Waals surface area contributed by atoms with Gasteiger partial charge in [0.2, 0.25) is 0 Å². The molecule has 200 valence electrons. The van der Waals surface area contributed by atoms with Gasteiger partial charge in [-0.25, -0.2) is 4.79 Å². The lowest BCUT2D eigenvalue weighted by Crippen LogP contribution is -3.14. The highest BCUT2D eigenvalue weighted by molar-refractivity contribution is 7.80. The Morgan fingerprint density at radius 2 is 1.79 bits per heavy atom. The van der Waals surface area contributed by atoms with Crippen molar-refractivity contribution in [3.8, 4) is 5.75 Å². The number of hydrogen-bond acceptors (Lipinski definition) is 4. The smallest absolute Gasteiger partial charge is 0.336 e. The Balaban J connectivity index is 1.93. The molecule has 4 N–H and O–H groups in total. The number of anilines is 2. The third kappa shape index (κ3) is 5.33. The van der Waals surface area contributed by atoms with Crippen LogP contribution in [-0.2, 0) is 0 Å². The minimum atomic E-state index is -1.00. The third-order valence-electron chi connectivity index (χ3n) is 7.30. The number of thiocarbonyl (C=S) groups is 1. The molecule has 1 aliphatic carbocycles. The van der Waals surface area contributed by atoms with Gasteiger partial charge in [-0.15, -0.1) is 0 Å². The molecule has 7 nitrogen and oxygen atoms in total. The zero-order valence-electron chi connectivity index (χ0n) is 22.7. The summed E-state index contributed by atoms with van der Waals surface area (Å²) < 4.78 is 6.55. The van der Waals surface area contributed by atoms with Gasteiger partial charge in [0.15, 0.2) is 5.11 Å². The SMILES string of the molecule is CCN(CC)c1ccc2c(c1)OC1=CC([NH+](CC)CC)C=CC1=C2c1ccc(NC(=S)NC)cc1C(=O)O. The van der Waals surface area contributed by atoms with Gasteiger partial charge in [-0.3, -0.25) is 0 Å². The third-order valence-corrected chi connectivity index (χ3v) is 7.61. The molecule has 0 saturated carbocycles. The first-order valence-electron chi connectivity index (χ1n) is 13.3. The number of hydrogen-bond donors (Lipinski definition) is 4. The Hall–Kier alpha value is -3.62. The van der Waals surface area contributed by atoms with Gasteiger partial charge in [-0.1, -0.05) is 6.07 Å². The van der Waals surface area contributed by atoms with Crippen LogP contribution < -0.4 is 25.2 Å². The average Bonchev–Trinajstić information content (AvgIpc) is 2.93. The van der Waals surface area contributed by atoms with Crippen molar-refractivity contribution in [2.45, 2.75) is 33.7 Å². The molecule has 0 bridgehead atoms. The Morgan fingerprint density at radius 3 is 2.42 bits per heavy atom. The van der Waals surface area contributed by atoms with Crippen LogP contribution >= 0.6 is 12.2 Å². The molecule has 1 aliphatic heterocycles. The predicted molar refractivity (Wildman–Crippen MR) is 158 cm³/mol. The summed E-state index contributed by atoms with van der Waals surface area (Å²) in [5, 5.41) is 16.6. The number of rotatable bonds is 9. The molecule has 4 rings (SSSR count). The van der Waals surface area contributed by atoms with Crippen LogP contribution in [-0.4, -0.2) is 55.5 Å².